The van der Waals surface area contributed by atoms with E-state index < -0.39 is 6.61 Å². The summed E-state index contributed by atoms with van der Waals surface area (Å²) in [6.07, 6.45) is 2.62. The summed E-state index contributed by atoms with van der Waals surface area (Å²) in [6, 6.07) is 7.07. The van der Waals surface area contributed by atoms with Crippen LogP contribution in [-0.4, -0.2) is 44.8 Å². The summed E-state index contributed by atoms with van der Waals surface area (Å²) in [7, 11) is 0. The summed E-state index contributed by atoms with van der Waals surface area (Å²) in [4.78, 5) is 6.43. The van der Waals surface area contributed by atoms with E-state index in [2.05, 4.69) is 26.9 Å². The lowest BCUT2D eigenvalue weighted by Crippen LogP contribution is -2.44. The van der Waals surface area contributed by atoms with Gasteiger partial charge in [0.05, 0.1) is 12.2 Å². The summed E-state index contributed by atoms with van der Waals surface area (Å²) in [5, 5.41) is 6.56. The van der Waals surface area contributed by atoms with Crippen molar-refractivity contribution >= 4 is 35.6 Å². The molecule has 1 aromatic carbocycles. The molecule has 1 saturated heterocycles. The number of hydrogen-bond acceptors (Lipinski definition) is 3. The smallest absolute Gasteiger partial charge is 0.387 e. The molecule has 1 heterocycles. The van der Waals surface area contributed by atoms with Gasteiger partial charge in [0.1, 0.15) is 5.75 Å². The highest BCUT2D eigenvalue weighted by molar-refractivity contribution is 14.0. The fourth-order valence-electron chi connectivity index (χ4n) is 2.68. The fourth-order valence-corrected chi connectivity index (χ4v) is 2.68. The van der Waals surface area contributed by atoms with Crippen LogP contribution in [-0.2, 0) is 0 Å². The van der Waals surface area contributed by atoms with Crippen LogP contribution in [0.2, 0.25) is 0 Å². The first-order chi connectivity index (χ1) is 11.6. The molecule has 0 aliphatic carbocycles. The Balaban J connectivity index is 0.00000312. The van der Waals surface area contributed by atoms with Gasteiger partial charge >= 0.3 is 6.61 Å². The predicted octanol–water partition coefficient (Wildman–Crippen LogP) is 3.23. The summed E-state index contributed by atoms with van der Waals surface area (Å²) in [6.45, 7) is 5.61. The van der Waals surface area contributed by atoms with Crippen molar-refractivity contribution in [1.29, 1.82) is 0 Å². The van der Waals surface area contributed by atoms with Crippen molar-refractivity contribution in [3.05, 3.63) is 36.9 Å². The zero-order valence-electron chi connectivity index (χ0n) is 14.3. The predicted molar refractivity (Wildman–Crippen MR) is 108 cm³/mol. The van der Waals surface area contributed by atoms with Gasteiger partial charge in [-0.2, -0.15) is 8.78 Å². The van der Waals surface area contributed by atoms with Gasteiger partial charge in [-0.05, 0) is 25.5 Å². The molecule has 0 aromatic heterocycles. The highest BCUT2D eigenvalue weighted by atomic mass is 127. The third kappa shape index (κ3) is 6.68. The van der Waals surface area contributed by atoms with E-state index in [1.807, 2.05) is 17.9 Å². The number of nitrogens with zero attached hydrogens (tertiary/aromatic N) is 2. The van der Waals surface area contributed by atoms with E-state index >= 15 is 0 Å². The van der Waals surface area contributed by atoms with Crippen LogP contribution in [0.15, 0.2) is 41.9 Å². The van der Waals surface area contributed by atoms with E-state index in [1.165, 1.54) is 0 Å². The molecule has 1 fully saturated rings. The highest BCUT2D eigenvalue weighted by Crippen LogP contribution is 2.31. The number of halogens is 3. The molecule has 1 aliphatic rings. The molecule has 140 valence electrons. The highest BCUT2D eigenvalue weighted by Gasteiger charge is 2.25. The number of alkyl halides is 2. The Morgan fingerprint density at radius 1 is 1.48 bits per heavy atom. The van der Waals surface area contributed by atoms with Crippen molar-refractivity contribution in [2.24, 2.45) is 4.99 Å². The third-order valence-electron chi connectivity index (χ3n) is 3.67. The van der Waals surface area contributed by atoms with Gasteiger partial charge in [-0.15, -0.1) is 30.6 Å². The van der Waals surface area contributed by atoms with Gasteiger partial charge < -0.3 is 20.3 Å². The van der Waals surface area contributed by atoms with Crippen molar-refractivity contribution in [2.75, 3.05) is 31.1 Å². The Hall–Kier alpha value is -1.58. The molecule has 5 nitrogen and oxygen atoms in total. The zero-order chi connectivity index (χ0) is 17.4. The lowest BCUT2D eigenvalue weighted by molar-refractivity contribution is -0.0495. The summed E-state index contributed by atoms with van der Waals surface area (Å²) < 4.78 is 29.7. The lowest BCUT2D eigenvalue weighted by Gasteiger charge is -2.22. The second-order valence-corrected chi connectivity index (χ2v) is 5.43. The molecule has 1 atom stereocenters. The number of nitrogens with one attached hydrogen (secondary N) is 2. The van der Waals surface area contributed by atoms with Gasteiger partial charge in [0.2, 0.25) is 0 Å². The fraction of sp³-hybridized carbons (Fsp3) is 0.471. The summed E-state index contributed by atoms with van der Waals surface area (Å²) >= 11 is 0. The largest absolute Gasteiger partial charge is 0.433 e. The van der Waals surface area contributed by atoms with E-state index in [0.717, 1.165) is 25.5 Å². The maximum absolute atomic E-state index is 12.6. The number of hydrogen-bond donors (Lipinski definition) is 2. The number of aliphatic imine (C=N–C) groups is 1. The minimum atomic E-state index is -2.82. The number of rotatable bonds is 7. The maximum Gasteiger partial charge on any atom is 0.387 e. The first-order valence-corrected chi connectivity index (χ1v) is 8.08. The van der Waals surface area contributed by atoms with E-state index in [0.29, 0.717) is 18.8 Å². The second kappa shape index (κ2) is 11.1. The van der Waals surface area contributed by atoms with Gasteiger partial charge in [-0.1, -0.05) is 18.2 Å². The van der Waals surface area contributed by atoms with Gasteiger partial charge in [0, 0.05) is 25.7 Å². The topological polar surface area (TPSA) is 48.9 Å². The van der Waals surface area contributed by atoms with Crippen molar-refractivity contribution < 1.29 is 13.5 Å². The molecule has 0 saturated carbocycles. The van der Waals surface area contributed by atoms with Crippen molar-refractivity contribution in [2.45, 2.75) is 26.0 Å². The van der Waals surface area contributed by atoms with E-state index in [4.69, 9.17) is 0 Å². The number of benzene rings is 1. The van der Waals surface area contributed by atoms with Gasteiger partial charge in [0.15, 0.2) is 5.96 Å². The second-order valence-electron chi connectivity index (χ2n) is 5.43. The molecule has 0 spiro atoms. The zero-order valence-corrected chi connectivity index (χ0v) is 16.6. The normalized spacial score (nSPS) is 17.2. The Morgan fingerprint density at radius 2 is 2.24 bits per heavy atom. The SMILES string of the molecule is C=CCN=C(NCC)NC1CCN(c2ccccc2OC(F)F)C1.I. The monoisotopic (exact) mass is 466 g/mol. The van der Waals surface area contributed by atoms with Gasteiger partial charge in [-0.25, -0.2) is 4.99 Å². The van der Waals surface area contributed by atoms with Crippen LogP contribution in [0.3, 0.4) is 0 Å². The molecule has 2 rings (SSSR count). The molecular weight excluding hydrogens is 441 g/mol. The maximum atomic E-state index is 12.6. The number of guanidine groups is 1. The molecular formula is C17H25F2IN4O. The number of para-hydroxylation sites is 2. The van der Waals surface area contributed by atoms with Gasteiger partial charge in [0.25, 0.3) is 0 Å². The molecule has 1 unspecified atom stereocenters. The molecule has 2 N–H and O–H groups in total. The van der Waals surface area contributed by atoms with Crippen LogP contribution in [0.4, 0.5) is 14.5 Å². The van der Waals surface area contributed by atoms with Gasteiger partial charge in [-0.3, -0.25) is 0 Å². The Labute approximate surface area is 164 Å². The molecule has 1 aliphatic heterocycles. The quantitative estimate of drug-likeness (QED) is 0.281. The third-order valence-corrected chi connectivity index (χ3v) is 3.67. The van der Waals surface area contributed by atoms with E-state index in [1.54, 1.807) is 24.3 Å². The van der Waals surface area contributed by atoms with Crippen molar-refractivity contribution in [3.8, 4) is 5.75 Å². The van der Waals surface area contributed by atoms with Crippen LogP contribution in [0.1, 0.15) is 13.3 Å². The van der Waals surface area contributed by atoms with Crippen LogP contribution >= 0.6 is 24.0 Å². The Kier molecular flexibility index (Phi) is 9.54. The van der Waals surface area contributed by atoms with E-state index in [9.17, 15) is 8.78 Å². The van der Waals surface area contributed by atoms with Crippen LogP contribution < -0.4 is 20.3 Å². The average molecular weight is 466 g/mol. The minimum Gasteiger partial charge on any atom is -0.433 e. The van der Waals surface area contributed by atoms with Crippen LogP contribution in [0, 0.1) is 0 Å². The Morgan fingerprint density at radius 3 is 2.92 bits per heavy atom. The minimum absolute atomic E-state index is 0. The summed E-state index contributed by atoms with van der Waals surface area (Å²) in [5.41, 5.74) is 0.690. The average Bonchev–Trinajstić information content (AvgIpc) is 3.01. The molecule has 1 aromatic rings. The standard InChI is InChI=1S/C17H24F2N4O.HI/c1-3-10-21-17(20-4-2)22-13-9-11-23(12-13)14-7-5-6-8-15(14)24-16(18)19;/h3,5-8,13,16H,1,4,9-12H2,2H3,(H2,20,21,22);1H. The van der Waals surface area contributed by atoms with Crippen molar-refractivity contribution in [3.63, 3.8) is 0 Å². The first-order valence-electron chi connectivity index (χ1n) is 8.08. The molecule has 0 amide bonds. The van der Waals surface area contributed by atoms with E-state index in [-0.39, 0.29) is 35.8 Å². The lowest BCUT2D eigenvalue weighted by atomic mass is 10.2. The number of anilines is 1. The van der Waals surface area contributed by atoms with Crippen LogP contribution in [0.5, 0.6) is 5.75 Å². The molecule has 8 heteroatoms. The number of ether oxygens (including phenoxy) is 1. The van der Waals surface area contributed by atoms with Crippen LogP contribution in [0.25, 0.3) is 0 Å². The molecule has 0 bridgehead atoms. The molecule has 0 radical (unpaired) electrons. The van der Waals surface area contributed by atoms with Crippen molar-refractivity contribution in [1.82, 2.24) is 10.6 Å². The first kappa shape index (κ1) is 21.5. The Bertz CT molecular complexity index is 571. The summed E-state index contributed by atoms with van der Waals surface area (Å²) in [5.74, 6) is 0.946. The molecule has 25 heavy (non-hydrogen) atoms.